The second-order valence-corrected chi connectivity index (χ2v) is 2.69. The molecule has 0 aromatic heterocycles. The molecular formula is C6H7F5O. The summed E-state index contributed by atoms with van der Waals surface area (Å²) in [5, 5.41) is 0. The molecule has 0 heterocycles. The summed E-state index contributed by atoms with van der Waals surface area (Å²) in [7, 11) is 0. The van der Waals surface area contributed by atoms with Crippen LogP contribution in [0.4, 0.5) is 22.0 Å². The Morgan fingerprint density at radius 3 is 1.75 bits per heavy atom. The molecule has 6 heteroatoms. The van der Waals surface area contributed by atoms with Gasteiger partial charge in [0.2, 0.25) is 0 Å². The Balaban J connectivity index is 2.46. The first-order valence-electron chi connectivity index (χ1n) is 3.45. The monoisotopic (exact) mass is 190 g/mol. The van der Waals surface area contributed by atoms with Gasteiger partial charge in [0.1, 0.15) is 0 Å². The van der Waals surface area contributed by atoms with Crippen molar-refractivity contribution in [3.8, 4) is 0 Å². The predicted molar refractivity (Wildman–Crippen MR) is 29.7 cm³/mol. The Bertz CT molecular complexity index is 160. The van der Waals surface area contributed by atoms with Gasteiger partial charge in [-0.1, -0.05) is 0 Å². The molecule has 0 unspecified atom stereocenters. The van der Waals surface area contributed by atoms with Gasteiger partial charge in [-0.05, 0) is 19.3 Å². The Kier molecular flexibility index (Phi) is 2.29. The van der Waals surface area contributed by atoms with E-state index in [9.17, 15) is 22.0 Å². The Hall–Kier alpha value is -0.390. The van der Waals surface area contributed by atoms with Gasteiger partial charge < -0.3 is 4.74 Å². The summed E-state index contributed by atoms with van der Waals surface area (Å²) in [5.41, 5.74) is 0. The van der Waals surface area contributed by atoms with Crippen LogP contribution in [-0.2, 0) is 4.74 Å². The largest absolute Gasteiger partial charge is 0.482 e. The molecule has 1 rings (SSSR count). The molecule has 0 aliphatic heterocycles. The van der Waals surface area contributed by atoms with Crippen molar-refractivity contribution in [2.24, 2.45) is 0 Å². The van der Waals surface area contributed by atoms with Crippen LogP contribution in [0.3, 0.4) is 0 Å². The molecule has 0 bridgehead atoms. The highest BCUT2D eigenvalue weighted by molar-refractivity contribution is 4.74. The first-order valence-corrected chi connectivity index (χ1v) is 3.45. The van der Waals surface area contributed by atoms with Gasteiger partial charge in [-0.25, -0.2) is 0 Å². The zero-order valence-electron chi connectivity index (χ0n) is 6.00. The van der Waals surface area contributed by atoms with Crippen LogP contribution < -0.4 is 0 Å². The van der Waals surface area contributed by atoms with Crippen LogP contribution in [0, 0.1) is 0 Å². The van der Waals surface area contributed by atoms with Crippen molar-refractivity contribution < 1.29 is 26.7 Å². The number of ether oxygens (including phenoxy) is 1. The molecule has 72 valence electrons. The number of alkyl halides is 5. The highest BCUT2D eigenvalue weighted by Crippen LogP contribution is 2.40. The molecular weight excluding hydrogens is 183 g/mol. The maximum atomic E-state index is 12.1. The van der Waals surface area contributed by atoms with E-state index < -0.39 is 18.4 Å². The lowest BCUT2D eigenvalue weighted by Gasteiger charge is -2.30. The summed E-state index contributed by atoms with van der Waals surface area (Å²) in [6.07, 6.45) is -10.3. The summed E-state index contributed by atoms with van der Waals surface area (Å²) in [6.45, 7) is 0. The number of rotatable bonds is 2. The third-order valence-electron chi connectivity index (χ3n) is 1.70. The first kappa shape index (κ1) is 9.70. The second-order valence-electron chi connectivity index (χ2n) is 2.69. The third-order valence-corrected chi connectivity index (χ3v) is 1.70. The molecule has 0 aromatic rings. The van der Waals surface area contributed by atoms with Crippen molar-refractivity contribution in [2.45, 2.75) is 37.7 Å². The molecule has 0 spiro atoms. The molecule has 0 amide bonds. The molecule has 0 N–H and O–H groups in total. The summed E-state index contributed by atoms with van der Waals surface area (Å²) >= 11 is 0. The summed E-state index contributed by atoms with van der Waals surface area (Å²) in [5.74, 6) is 0. The van der Waals surface area contributed by atoms with Gasteiger partial charge in [0.05, 0.1) is 6.10 Å². The van der Waals surface area contributed by atoms with Crippen molar-refractivity contribution in [3.63, 3.8) is 0 Å². The second kappa shape index (κ2) is 2.83. The lowest BCUT2D eigenvalue weighted by molar-refractivity contribution is -0.406. The molecule has 0 aromatic carbocycles. The summed E-state index contributed by atoms with van der Waals surface area (Å²) in [4.78, 5) is 0. The lowest BCUT2D eigenvalue weighted by Crippen LogP contribution is -2.43. The minimum absolute atomic E-state index is 0.283. The molecule has 0 radical (unpaired) electrons. The maximum absolute atomic E-state index is 12.1. The molecule has 1 fully saturated rings. The van der Waals surface area contributed by atoms with Crippen LogP contribution in [0.2, 0.25) is 0 Å². The van der Waals surface area contributed by atoms with E-state index in [1.165, 1.54) is 0 Å². The van der Waals surface area contributed by atoms with E-state index in [1.54, 1.807) is 0 Å². The summed E-state index contributed by atoms with van der Waals surface area (Å²) in [6, 6.07) is 0. The van der Waals surface area contributed by atoms with Gasteiger partial charge in [-0.2, -0.15) is 22.0 Å². The van der Waals surface area contributed by atoms with E-state index in [1.807, 2.05) is 0 Å². The lowest BCUT2D eigenvalue weighted by atomic mass is 9.96. The Morgan fingerprint density at radius 1 is 1.00 bits per heavy atom. The van der Waals surface area contributed by atoms with Crippen LogP contribution in [0.1, 0.15) is 19.3 Å². The number of hydrogen-bond donors (Lipinski definition) is 0. The van der Waals surface area contributed by atoms with E-state index in [-0.39, 0.29) is 12.8 Å². The Labute approximate surface area is 65.5 Å². The predicted octanol–water partition coefficient (Wildman–Crippen LogP) is 2.71. The standard InChI is InChI=1S/C6H7F5O/c7-5(8,9)6(10,11)12-4-2-1-3-4/h4H,1-3H2. The minimum atomic E-state index is -5.59. The number of halogens is 5. The molecule has 1 aliphatic carbocycles. The SMILES string of the molecule is FC(F)(F)C(F)(F)OC1CCC1. The van der Waals surface area contributed by atoms with Gasteiger partial charge in [0, 0.05) is 0 Å². The van der Waals surface area contributed by atoms with Crippen molar-refractivity contribution in [1.82, 2.24) is 0 Å². The smallest absolute Gasteiger partial charge is 0.310 e. The van der Waals surface area contributed by atoms with E-state index in [4.69, 9.17) is 0 Å². The van der Waals surface area contributed by atoms with Gasteiger partial charge >= 0.3 is 12.3 Å². The summed E-state index contributed by atoms with van der Waals surface area (Å²) < 4.78 is 62.1. The van der Waals surface area contributed by atoms with Crippen LogP contribution in [0.25, 0.3) is 0 Å². The molecule has 1 nitrogen and oxygen atoms in total. The highest BCUT2D eigenvalue weighted by atomic mass is 19.4. The van der Waals surface area contributed by atoms with Crippen molar-refractivity contribution in [3.05, 3.63) is 0 Å². The van der Waals surface area contributed by atoms with Crippen molar-refractivity contribution in [1.29, 1.82) is 0 Å². The van der Waals surface area contributed by atoms with Crippen molar-refractivity contribution in [2.75, 3.05) is 0 Å². The average Bonchev–Trinajstić information content (AvgIpc) is 1.76. The zero-order chi connectivity index (χ0) is 9.41. The molecule has 1 saturated carbocycles. The van der Waals surface area contributed by atoms with Crippen LogP contribution in [0.5, 0.6) is 0 Å². The van der Waals surface area contributed by atoms with E-state index in [0.717, 1.165) is 0 Å². The van der Waals surface area contributed by atoms with E-state index in [0.29, 0.717) is 6.42 Å². The topological polar surface area (TPSA) is 9.23 Å². The quantitative estimate of drug-likeness (QED) is 0.608. The zero-order valence-corrected chi connectivity index (χ0v) is 6.00. The maximum Gasteiger partial charge on any atom is 0.482 e. The van der Waals surface area contributed by atoms with E-state index in [2.05, 4.69) is 4.74 Å². The fourth-order valence-corrected chi connectivity index (χ4v) is 0.765. The first-order chi connectivity index (χ1) is 5.33. The third kappa shape index (κ3) is 1.85. The fraction of sp³-hybridized carbons (Fsp3) is 1.00. The fourth-order valence-electron chi connectivity index (χ4n) is 0.765. The van der Waals surface area contributed by atoms with Crippen LogP contribution in [0.15, 0.2) is 0 Å². The van der Waals surface area contributed by atoms with Gasteiger partial charge in [-0.3, -0.25) is 0 Å². The van der Waals surface area contributed by atoms with E-state index >= 15 is 0 Å². The molecule has 0 saturated heterocycles. The molecule has 0 atom stereocenters. The van der Waals surface area contributed by atoms with Gasteiger partial charge in [0.25, 0.3) is 0 Å². The Morgan fingerprint density at radius 2 is 1.50 bits per heavy atom. The van der Waals surface area contributed by atoms with Crippen LogP contribution >= 0.6 is 0 Å². The highest BCUT2D eigenvalue weighted by Gasteiger charge is 2.60. The average molecular weight is 190 g/mol. The number of hydrogen-bond acceptors (Lipinski definition) is 1. The minimum Gasteiger partial charge on any atom is -0.310 e. The normalized spacial score (nSPS) is 20.8. The van der Waals surface area contributed by atoms with Gasteiger partial charge in [-0.15, -0.1) is 0 Å². The molecule has 12 heavy (non-hydrogen) atoms. The van der Waals surface area contributed by atoms with Crippen LogP contribution in [-0.4, -0.2) is 18.4 Å². The van der Waals surface area contributed by atoms with Gasteiger partial charge in [0.15, 0.2) is 0 Å². The molecule has 1 aliphatic rings. The van der Waals surface area contributed by atoms with Crippen molar-refractivity contribution >= 4 is 0 Å².